The highest BCUT2D eigenvalue weighted by molar-refractivity contribution is 5.94. The van der Waals surface area contributed by atoms with E-state index in [1.54, 1.807) is 17.0 Å². The minimum absolute atomic E-state index is 0.0838. The molecule has 0 bridgehead atoms. The number of nitrogens with zero attached hydrogens (tertiary/aromatic N) is 2. The molecule has 0 saturated carbocycles. The Morgan fingerprint density at radius 3 is 2.70 bits per heavy atom. The van der Waals surface area contributed by atoms with Crippen molar-refractivity contribution in [1.82, 2.24) is 9.88 Å². The van der Waals surface area contributed by atoms with Crippen molar-refractivity contribution in [2.45, 2.75) is 25.8 Å². The lowest BCUT2D eigenvalue weighted by Crippen LogP contribution is -2.46. The molecule has 2 rings (SSSR count). The molecule has 0 radical (unpaired) electrons. The van der Waals surface area contributed by atoms with Gasteiger partial charge in [0.15, 0.2) is 0 Å². The van der Waals surface area contributed by atoms with Crippen molar-refractivity contribution in [3.05, 3.63) is 23.9 Å². The first-order valence-corrected chi connectivity index (χ1v) is 6.56. The predicted octanol–water partition coefficient (Wildman–Crippen LogP) is 1.42. The summed E-state index contributed by atoms with van der Waals surface area (Å²) in [6.07, 6.45) is 2.47. The molecule has 2 unspecified atom stereocenters. The molecule has 6 heteroatoms. The summed E-state index contributed by atoms with van der Waals surface area (Å²) in [5, 5.41) is 9.03. The largest absolute Gasteiger partial charge is 0.481 e. The van der Waals surface area contributed by atoms with Crippen LogP contribution in [0.25, 0.3) is 0 Å². The Kier molecular flexibility index (Phi) is 4.22. The molecule has 1 saturated heterocycles. The zero-order chi connectivity index (χ0) is 14.7. The summed E-state index contributed by atoms with van der Waals surface area (Å²) < 4.78 is 4.95. The highest BCUT2D eigenvalue weighted by Gasteiger charge is 2.32. The molecule has 1 N–H and O–H groups in total. The van der Waals surface area contributed by atoms with Crippen LogP contribution in [0.4, 0.5) is 0 Å². The minimum Gasteiger partial charge on any atom is -0.481 e. The number of carbonyl (C=O) groups is 2. The number of amides is 1. The molecule has 1 aliphatic heterocycles. The number of carboxylic acids is 1. The zero-order valence-corrected chi connectivity index (χ0v) is 11.6. The zero-order valence-electron chi connectivity index (χ0n) is 11.6. The summed E-state index contributed by atoms with van der Waals surface area (Å²) in [6.45, 7) is 2.34. The standard InChI is InChI=1S/C14H18N2O4/c1-9-7-10(14(18)19)5-6-16(9)13(17)11-3-4-12(20-2)15-8-11/h3-4,8-10H,5-7H2,1-2H3,(H,18,19). The normalized spacial score (nSPS) is 22.4. The van der Waals surface area contributed by atoms with Crippen LogP contribution < -0.4 is 4.74 Å². The van der Waals surface area contributed by atoms with E-state index < -0.39 is 5.97 Å². The molecule has 1 aliphatic rings. The summed E-state index contributed by atoms with van der Waals surface area (Å²) in [6, 6.07) is 3.23. The Hall–Kier alpha value is -2.11. The van der Waals surface area contributed by atoms with Crippen LogP contribution >= 0.6 is 0 Å². The van der Waals surface area contributed by atoms with E-state index in [2.05, 4.69) is 4.98 Å². The fraction of sp³-hybridized carbons (Fsp3) is 0.500. The van der Waals surface area contributed by atoms with Gasteiger partial charge in [0, 0.05) is 24.8 Å². The Morgan fingerprint density at radius 2 is 2.20 bits per heavy atom. The maximum atomic E-state index is 12.4. The number of piperidine rings is 1. The van der Waals surface area contributed by atoms with Crippen LogP contribution in [0.2, 0.25) is 0 Å². The topological polar surface area (TPSA) is 79.7 Å². The Bertz CT molecular complexity index is 500. The molecule has 2 atom stereocenters. The van der Waals surface area contributed by atoms with E-state index in [1.807, 2.05) is 6.92 Å². The number of pyridine rings is 1. The Morgan fingerprint density at radius 1 is 1.45 bits per heavy atom. The van der Waals surface area contributed by atoms with E-state index in [0.29, 0.717) is 30.8 Å². The van der Waals surface area contributed by atoms with Crippen molar-refractivity contribution in [3.63, 3.8) is 0 Å². The van der Waals surface area contributed by atoms with Gasteiger partial charge >= 0.3 is 5.97 Å². The van der Waals surface area contributed by atoms with Gasteiger partial charge in [0.25, 0.3) is 5.91 Å². The maximum absolute atomic E-state index is 12.4. The third-order valence-electron chi connectivity index (χ3n) is 3.68. The number of aromatic nitrogens is 1. The van der Waals surface area contributed by atoms with E-state index in [4.69, 9.17) is 9.84 Å². The Labute approximate surface area is 117 Å². The lowest BCUT2D eigenvalue weighted by molar-refractivity contribution is -0.143. The van der Waals surface area contributed by atoms with Crippen molar-refractivity contribution >= 4 is 11.9 Å². The lowest BCUT2D eigenvalue weighted by Gasteiger charge is -2.36. The third-order valence-corrected chi connectivity index (χ3v) is 3.68. The molecule has 1 amide bonds. The monoisotopic (exact) mass is 278 g/mol. The van der Waals surface area contributed by atoms with Gasteiger partial charge in [0.05, 0.1) is 18.6 Å². The summed E-state index contributed by atoms with van der Waals surface area (Å²) >= 11 is 0. The third kappa shape index (κ3) is 2.89. The van der Waals surface area contributed by atoms with Crippen molar-refractivity contribution in [1.29, 1.82) is 0 Å². The number of hydrogen-bond acceptors (Lipinski definition) is 4. The molecule has 0 aliphatic carbocycles. The van der Waals surface area contributed by atoms with E-state index in [9.17, 15) is 9.59 Å². The highest BCUT2D eigenvalue weighted by atomic mass is 16.5. The Balaban J connectivity index is 2.07. The van der Waals surface area contributed by atoms with E-state index >= 15 is 0 Å². The second-order valence-electron chi connectivity index (χ2n) is 5.00. The molecule has 0 aromatic carbocycles. The highest BCUT2D eigenvalue weighted by Crippen LogP contribution is 2.24. The number of methoxy groups -OCH3 is 1. The van der Waals surface area contributed by atoms with Crippen LogP contribution in [0.5, 0.6) is 5.88 Å². The number of likely N-dealkylation sites (tertiary alicyclic amines) is 1. The molecule has 1 fully saturated rings. The number of hydrogen-bond donors (Lipinski definition) is 1. The molecule has 108 valence electrons. The first-order chi connectivity index (χ1) is 9.52. The van der Waals surface area contributed by atoms with Gasteiger partial charge in [-0.05, 0) is 25.8 Å². The van der Waals surface area contributed by atoms with Crippen molar-refractivity contribution in [2.24, 2.45) is 5.92 Å². The molecular weight excluding hydrogens is 260 g/mol. The fourth-order valence-electron chi connectivity index (χ4n) is 2.49. The van der Waals surface area contributed by atoms with Gasteiger partial charge in [-0.15, -0.1) is 0 Å². The SMILES string of the molecule is COc1ccc(C(=O)N2CCC(C(=O)O)CC2C)cn1. The summed E-state index contributed by atoms with van der Waals surface area (Å²) in [7, 11) is 1.52. The number of aliphatic carboxylic acids is 1. The van der Waals surface area contributed by atoms with Crippen LogP contribution in [0, 0.1) is 5.92 Å². The van der Waals surface area contributed by atoms with Gasteiger partial charge in [-0.25, -0.2) is 4.98 Å². The maximum Gasteiger partial charge on any atom is 0.306 e. The molecule has 1 aromatic heterocycles. The molecule has 1 aromatic rings. The van der Waals surface area contributed by atoms with E-state index in [1.165, 1.54) is 13.3 Å². The van der Waals surface area contributed by atoms with Gasteiger partial charge in [0.2, 0.25) is 5.88 Å². The first kappa shape index (κ1) is 14.3. The lowest BCUT2D eigenvalue weighted by atomic mass is 9.91. The molecule has 0 spiro atoms. The van der Waals surface area contributed by atoms with Gasteiger partial charge in [-0.3, -0.25) is 9.59 Å². The second-order valence-corrected chi connectivity index (χ2v) is 5.00. The van der Waals surface area contributed by atoms with Crippen molar-refractivity contribution in [2.75, 3.05) is 13.7 Å². The molecule has 20 heavy (non-hydrogen) atoms. The first-order valence-electron chi connectivity index (χ1n) is 6.56. The number of carboxylic acid groups (broad SMARTS) is 1. The van der Waals surface area contributed by atoms with E-state index in [0.717, 1.165) is 0 Å². The van der Waals surface area contributed by atoms with Crippen molar-refractivity contribution in [3.8, 4) is 5.88 Å². The average molecular weight is 278 g/mol. The number of carbonyl (C=O) groups excluding carboxylic acids is 1. The average Bonchev–Trinajstić information content (AvgIpc) is 2.46. The quantitative estimate of drug-likeness (QED) is 0.904. The number of ether oxygens (including phenoxy) is 1. The molecule has 2 heterocycles. The van der Waals surface area contributed by atoms with Gasteiger partial charge < -0.3 is 14.7 Å². The molecule has 6 nitrogen and oxygen atoms in total. The minimum atomic E-state index is -0.782. The second kappa shape index (κ2) is 5.90. The number of rotatable bonds is 3. The van der Waals surface area contributed by atoms with Crippen LogP contribution in [0.1, 0.15) is 30.1 Å². The van der Waals surface area contributed by atoms with E-state index in [-0.39, 0.29) is 17.9 Å². The van der Waals surface area contributed by atoms with Crippen LogP contribution in [0.15, 0.2) is 18.3 Å². The van der Waals surface area contributed by atoms with Crippen LogP contribution in [-0.2, 0) is 4.79 Å². The predicted molar refractivity (Wildman–Crippen MR) is 71.6 cm³/mol. The van der Waals surface area contributed by atoms with Crippen molar-refractivity contribution < 1.29 is 19.4 Å². The van der Waals surface area contributed by atoms with Crippen LogP contribution in [0.3, 0.4) is 0 Å². The van der Waals surface area contributed by atoms with Gasteiger partial charge in [0.1, 0.15) is 0 Å². The summed E-state index contributed by atoms with van der Waals surface area (Å²) in [5.74, 6) is -0.797. The van der Waals surface area contributed by atoms with Crippen LogP contribution in [-0.4, -0.2) is 46.6 Å². The fourth-order valence-corrected chi connectivity index (χ4v) is 2.49. The molecular formula is C14H18N2O4. The smallest absolute Gasteiger partial charge is 0.306 e. The van der Waals surface area contributed by atoms with Gasteiger partial charge in [-0.1, -0.05) is 0 Å². The summed E-state index contributed by atoms with van der Waals surface area (Å²) in [4.78, 5) is 29.1. The van der Waals surface area contributed by atoms with Gasteiger partial charge in [-0.2, -0.15) is 0 Å². The summed E-state index contributed by atoms with van der Waals surface area (Å²) in [5.41, 5.74) is 0.492.